The zero-order valence-corrected chi connectivity index (χ0v) is 13.7. The van der Waals surface area contributed by atoms with Crippen molar-refractivity contribution >= 4 is 39.8 Å². The van der Waals surface area contributed by atoms with E-state index in [0.717, 1.165) is 26.3 Å². The third kappa shape index (κ3) is 2.91. The zero-order valence-electron chi connectivity index (χ0n) is 11.3. The SMILES string of the molecule is O=Cc1ccc(-c2nc(-c3ccc(Br)cc3)cs2)cc1C=O. The fourth-order valence-corrected chi connectivity index (χ4v) is 3.17. The fraction of sp³-hybridized carbons (Fsp3) is 0. The average molecular weight is 372 g/mol. The summed E-state index contributed by atoms with van der Waals surface area (Å²) in [5.41, 5.74) is 3.53. The lowest BCUT2D eigenvalue weighted by atomic mass is 10.1. The molecule has 2 aromatic carbocycles. The van der Waals surface area contributed by atoms with Gasteiger partial charge in [-0.3, -0.25) is 9.59 Å². The monoisotopic (exact) mass is 371 g/mol. The van der Waals surface area contributed by atoms with Crippen LogP contribution in [0, 0.1) is 0 Å². The number of aldehydes is 2. The van der Waals surface area contributed by atoms with Gasteiger partial charge in [-0.05, 0) is 18.2 Å². The highest BCUT2D eigenvalue weighted by Crippen LogP contribution is 2.30. The highest BCUT2D eigenvalue weighted by molar-refractivity contribution is 9.10. The van der Waals surface area contributed by atoms with Crippen molar-refractivity contribution in [3.63, 3.8) is 0 Å². The molecule has 0 bridgehead atoms. The van der Waals surface area contributed by atoms with E-state index >= 15 is 0 Å². The van der Waals surface area contributed by atoms with Gasteiger partial charge in [-0.15, -0.1) is 11.3 Å². The number of carbonyl (C=O) groups is 2. The van der Waals surface area contributed by atoms with Gasteiger partial charge in [-0.2, -0.15) is 0 Å². The molecule has 108 valence electrons. The van der Waals surface area contributed by atoms with Gasteiger partial charge in [0.15, 0.2) is 12.6 Å². The van der Waals surface area contributed by atoms with Gasteiger partial charge in [-0.1, -0.05) is 40.2 Å². The maximum absolute atomic E-state index is 11.0. The third-order valence-electron chi connectivity index (χ3n) is 3.23. The molecule has 0 spiro atoms. The van der Waals surface area contributed by atoms with Crippen LogP contribution in [0.25, 0.3) is 21.8 Å². The van der Waals surface area contributed by atoms with Crippen LogP contribution in [-0.2, 0) is 0 Å². The van der Waals surface area contributed by atoms with E-state index in [4.69, 9.17) is 0 Å². The Labute approximate surface area is 139 Å². The van der Waals surface area contributed by atoms with Crippen LogP contribution >= 0.6 is 27.3 Å². The van der Waals surface area contributed by atoms with Gasteiger partial charge in [-0.25, -0.2) is 4.98 Å². The first-order chi connectivity index (χ1) is 10.7. The van der Waals surface area contributed by atoms with Crippen LogP contribution in [0.5, 0.6) is 0 Å². The fourth-order valence-electron chi connectivity index (χ4n) is 2.08. The van der Waals surface area contributed by atoms with Crippen molar-refractivity contribution in [3.05, 3.63) is 63.4 Å². The summed E-state index contributed by atoms with van der Waals surface area (Å²) in [6.45, 7) is 0. The van der Waals surface area contributed by atoms with E-state index in [9.17, 15) is 9.59 Å². The van der Waals surface area contributed by atoms with E-state index in [1.165, 1.54) is 11.3 Å². The number of hydrogen-bond acceptors (Lipinski definition) is 4. The van der Waals surface area contributed by atoms with Crippen molar-refractivity contribution in [1.82, 2.24) is 4.98 Å². The zero-order chi connectivity index (χ0) is 15.5. The minimum Gasteiger partial charge on any atom is -0.298 e. The molecule has 0 aliphatic carbocycles. The number of halogens is 1. The minimum atomic E-state index is 0.382. The van der Waals surface area contributed by atoms with Crippen molar-refractivity contribution in [2.75, 3.05) is 0 Å². The van der Waals surface area contributed by atoms with Crippen LogP contribution in [0.15, 0.2) is 52.3 Å². The number of hydrogen-bond donors (Lipinski definition) is 0. The Hall–Kier alpha value is -2.11. The molecule has 3 rings (SSSR count). The molecule has 1 aromatic heterocycles. The van der Waals surface area contributed by atoms with Crippen LogP contribution < -0.4 is 0 Å². The van der Waals surface area contributed by atoms with Crippen LogP contribution in [-0.4, -0.2) is 17.6 Å². The minimum absolute atomic E-state index is 0.382. The number of rotatable bonds is 4. The normalized spacial score (nSPS) is 10.4. The average Bonchev–Trinajstić information content (AvgIpc) is 3.05. The van der Waals surface area contributed by atoms with Gasteiger partial charge in [0.25, 0.3) is 0 Å². The second-order valence-electron chi connectivity index (χ2n) is 4.62. The molecular weight excluding hydrogens is 362 g/mol. The van der Waals surface area contributed by atoms with E-state index < -0.39 is 0 Å². The highest BCUT2D eigenvalue weighted by Gasteiger charge is 2.09. The van der Waals surface area contributed by atoms with Crippen LogP contribution in [0.4, 0.5) is 0 Å². The molecule has 0 aliphatic rings. The lowest BCUT2D eigenvalue weighted by molar-refractivity contribution is 0.109. The van der Waals surface area contributed by atoms with Crippen molar-refractivity contribution in [1.29, 1.82) is 0 Å². The second kappa shape index (κ2) is 6.34. The maximum atomic E-state index is 11.0. The topological polar surface area (TPSA) is 47.0 Å². The molecule has 0 radical (unpaired) electrons. The first-order valence-corrected chi connectivity index (χ1v) is 8.15. The molecule has 0 atom stereocenters. The molecule has 3 aromatic rings. The van der Waals surface area contributed by atoms with Gasteiger partial charge < -0.3 is 0 Å². The molecule has 1 heterocycles. The van der Waals surface area contributed by atoms with Gasteiger partial charge >= 0.3 is 0 Å². The Kier molecular flexibility index (Phi) is 4.27. The third-order valence-corrected chi connectivity index (χ3v) is 4.65. The molecule has 0 fully saturated rings. The lowest BCUT2D eigenvalue weighted by Gasteiger charge is -2.01. The molecule has 0 saturated carbocycles. The predicted octanol–water partition coefficient (Wildman–Crippen LogP) is 4.86. The largest absolute Gasteiger partial charge is 0.298 e. The molecule has 0 aliphatic heterocycles. The number of thiazole rings is 1. The van der Waals surface area contributed by atoms with Crippen molar-refractivity contribution in [3.8, 4) is 21.8 Å². The summed E-state index contributed by atoms with van der Waals surface area (Å²) in [5, 5.41) is 2.80. The molecule has 22 heavy (non-hydrogen) atoms. The van der Waals surface area contributed by atoms with Crippen LogP contribution in [0.2, 0.25) is 0 Å². The van der Waals surface area contributed by atoms with E-state index in [-0.39, 0.29) is 0 Å². The summed E-state index contributed by atoms with van der Waals surface area (Å²) in [5.74, 6) is 0. The van der Waals surface area contributed by atoms with E-state index in [1.807, 2.05) is 29.6 Å². The molecule has 5 heteroatoms. The summed E-state index contributed by atoms with van der Waals surface area (Å²) in [6.07, 6.45) is 1.37. The second-order valence-corrected chi connectivity index (χ2v) is 6.40. The molecule has 0 saturated heterocycles. The van der Waals surface area contributed by atoms with Gasteiger partial charge in [0.05, 0.1) is 5.69 Å². The first-order valence-electron chi connectivity index (χ1n) is 6.47. The van der Waals surface area contributed by atoms with Crippen molar-refractivity contribution in [2.45, 2.75) is 0 Å². The smallest absolute Gasteiger partial charge is 0.150 e. The van der Waals surface area contributed by atoms with Crippen LogP contribution in [0.1, 0.15) is 20.7 Å². The quantitative estimate of drug-likeness (QED) is 0.614. The lowest BCUT2D eigenvalue weighted by Crippen LogP contribution is -1.91. The number of benzene rings is 2. The standard InChI is InChI=1S/C17H10BrNO2S/c18-15-5-3-11(4-6-15)16-10-22-17(19-16)12-1-2-13(8-20)14(7-12)9-21/h1-10H. The Morgan fingerprint density at radius 2 is 1.59 bits per heavy atom. The molecule has 0 unspecified atom stereocenters. The molecule has 0 amide bonds. The number of carbonyl (C=O) groups excluding carboxylic acids is 2. The van der Waals surface area contributed by atoms with E-state index in [0.29, 0.717) is 23.7 Å². The van der Waals surface area contributed by atoms with Crippen molar-refractivity contribution in [2.24, 2.45) is 0 Å². The predicted molar refractivity (Wildman–Crippen MR) is 91.5 cm³/mol. The highest BCUT2D eigenvalue weighted by atomic mass is 79.9. The summed E-state index contributed by atoms with van der Waals surface area (Å²) in [7, 11) is 0. The van der Waals surface area contributed by atoms with Crippen LogP contribution in [0.3, 0.4) is 0 Å². The van der Waals surface area contributed by atoms with E-state index in [2.05, 4.69) is 20.9 Å². The maximum Gasteiger partial charge on any atom is 0.150 e. The Bertz CT molecular complexity index is 840. The summed E-state index contributed by atoms with van der Waals surface area (Å²) in [6, 6.07) is 13.1. The van der Waals surface area contributed by atoms with Crippen molar-refractivity contribution < 1.29 is 9.59 Å². The van der Waals surface area contributed by atoms with Gasteiger partial charge in [0.2, 0.25) is 0 Å². The Morgan fingerprint density at radius 3 is 2.27 bits per heavy atom. The Balaban J connectivity index is 1.98. The van der Waals surface area contributed by atoms with E-state index in [1.54, 1.807) is 18.2 Å². The van der Waals surface area contributed by atoms with Gasteiger partial charge in [0.1, 0.15) is 5.01 Å². The molecule has 0 N–H and O–H groups in total. The first kappa shape index (κ1) is 14.8. The summed E-state index contributed by atoms with van der Waals surface area (Å²) in [4.78, 5) is 26.5. The van der Waals surface area contributed by atoms with Gasteiger partial charge in [0, 0.05) is 32.1 Å². The number of aromatic nitrogens is 1. The number of nitrogens with zero attached hydrogens (tertiary/aromatic N) is 1. The molecule has 3 nitrogen and oxygen atoms in total. The summed E-state index contributed by atoms with van der Waals surface area (Å²) >= 11 is 4.92. The Morgan fingerprint density at radius 1 is 0.909 bits per heavy atom. The summed E-state index contributed by atoms with van der Waals surface area (Å²) < 4.78 is 1.02. The molecular formula is C17H10BrNO2S.